The number of rotatable bonds is 5. The maximum Gasteiger partial charge on any atom is 0.0727 e. The van der Waals surface area contributed by atoms with Crippen molar-refractivity contribution in [3.8, 4) is 0 Å². The summed E-state index contributed by atoms with van der Waals surface area (Å²) in [6, 6.07) is 3.71. The van der Waals surface area contributed by atoms with E-state index in [4.69, 9.17) is 11.6 Å². The molecular weight excluding hydrogens is 208 g/mol. The number of hydrogen-bond donors (Lipinski definition) is 1. The van der Waals surface area contributed by atoms with Gasteiger partial charge < -0.3 is 5.32 Å². The normalized spacial score (nSPS) is 11.8. The van der Waals surface area contributed by atoms with Crippen LogP contribution in [0, 0.1) is 0 Å². The third-order valence-electron chi connectivity index (χ3n) is 2.32. The Hall–Kier alpha value is -0.860. The van der Waals surface area contributed by atoms with E-state index in [1.54, 1.807) is 6.20 Å². The van der Waals surface area contributed by atoms with E-state index in [9.17, 15) is 0 Å². The number of allylic oxidation sites excluding steroid dienone is 1. The molecule has 1 aromatic rings. The van der Waals surface area contributed by atoms with Gasteiger partial charge >= 0.3 is 0 Å². The number of hydrogen-bond acceptors (Lipinski definition) is 2. The number of aromatic nitrogens is 1. The Morgan fingerprint density at radius 3 is 3.07 bits per heavy atom. The van der Waals surface area contributed by atoms with E-state index in [0.717, 1.165) is 30.2 Å². The number of pyridine rings is 1. The molecular formula is C12H17ClN2. The third-order valence-corrected chi connectivity index (χ3v) is 2.66. The summed E-state index contributed by atoms with van der Waals surface area (Å²) in [4.78, 5) is 4.21. The number of nitrogens with zero attached hydrogens (tertiary/aromatic N) is 1. The van der Waals surface area contributed by atoms with Crippen LogP contribution in [-0.2, 0) is 6.54 Å². The lowest BCUT2D eigenvalue weighted by molar-refractivity contribution is 0.672. The molecule has 0 aliphatic heterocycles. The molecule has 1 rings (SSSR count). The minimum absolute atomic E-state index is 0.729. The van der Waals surface area contributed by atoms with Crippen LogP contribution in [-0.4, -0.2) is 11.5 Å². The van der Waals surface area contributed by atoms with E-state index in [0.29, 0.717) is 0 Å². The molecule has 3 heteroatoms. The van der Waals surface area contributed by atoms with Gasteiger partial charge in [-0.1, -0.05) is 23.3 Å². The fourth-order valence-electron chi connectivity index (χ4n) is 1.19. The lowest BCUT2D eigenvalue weighted by Gasteiger charge is -2.05. The van der Waals surface area contributed by atoms with Gasteiger partial charge in [0, 0.05) is 12.7 Å². The lowest BCUT2D eigenvalue weighted by atomic mass is 10.2. The predicted molar refractivity (Wildman–Crippen MR) is 65.0 cm³/mol. The topological polar surface area (TPSA) is 24.9 Å². The lowest BCUT2D eigenvalue weighted by Crippen LogP contribution is -2.16. The molecule has 0 saturated carbocycles. The molecule has 0 aliphatic rings. The van der Waals surface area contributed by atoms with Gasteiger partial charge in [0.1, 0.15) is 0 Å². The van der Waals surface area contributed by atoms with E-state index < -0.39 is 0 Å². The summed E-state index contributed by atoms with van der Waals surface area (Å²) in [6.45, 7) is 5.89. The van der Waals surface area contributed by atoms with Crippen LogP contribution in [0.4, 0.5) is 0 Å². The molecule has 0 unspecified atom stereocenters. The highest BCUT2D eigenvalue weighted by molar-refractivity contribution is 6.31. The third kappa shape index (κ3) is 4.45. The van der Waals surface area contributed by atoms with Crippen molar-refractivity contribution >= 4 is 11.6 Å². The number of halogens is 1. The van der Waals surface area contributed by atoms with E-state index in [2.05, 4.69) is 30.2 Å². The van der Waals surface area contributed by atoms with Gasteiger partial charge in [-0.2, -0.15) is 0 Å². The molecule has 0 radical (unpaired) electrons. The van der Waals surface area contributed by atoms with Crippen LogP contribution >= 0.6 is 11.6 Å². The molecule has 0 fully saturated rings. The smallest absolute Gasteiger partial charge is 0.0727 e. The summed E-state index contributed by atoms with van der Waals surface area (Å²) in [7, 11) is 0. The Labute approximate surface area is 96.4 Å². The zero-order chi connectivity index (χ0) is 11.1. The Bertz CT molecular complexity index is 334. The maximum atomic E-state index is 5.98. The van der Waals surface area contributed by atoms with Gasteiger partial charge in [-0.15, -0.1) is 0 Å². The second-order valence-corrected chi connectivity index (χ2v) is 3.90. The standard InChI is InChI=1S/C12H17ClN2/c1-3-10(2)6-8-14-9-12-11(13)5-4-7-15-12/h3-5,7,14H,6,8-9H2,1-2H3/b10-3+. The van der Waals surface area contributed by atoms with Gasteiger partial charge in [-0.25, -0.2) is 0 Å². The van der Waals surface area contributed by atoms with Crippen LogP contribution in [0.25, 0.3) is 0 Å². The molecule has 2 nitrogen and oxygen atoms in total. The molecule has 1 N–H and O–H groups in total. The zero-order valence-electron chi connectivity index (χ0n) is 9.26. The molecule has 1 heterocycles. The molecule has 1 aromatic heterocycles. The fraction of sp³-hybridized carbons (Fsp3) is 0.417. The van der Waals surface area contributed by atoms with Crippen molar-refractivity contribution in [1.82, 2.24) is 10.3 Å². The summed E-state index contributed by atoms with van der Waals surface area (Å²) in [6.07, 6.45) is 4.97. The van der Waals surface area contributed by atoms with Crippen molar-refractivity contribution < 1.29 is 0 Å². The molecule has 0 saturated heterocycles. The van der Waals surface area contributed by atoms with Gasteiger partial charge in [-0.05, 0) is 38.9 Å². The Morgan fingerprint density at radius 2 is 2.40 bits per heavy atom. The second-order valence-electron chi connectivity index (χ2n) is 3.49. The zero-order valence-corrected chi connectivity index (χ0v) is 10.0. The van der Waals surface area contributed by atoms with Crippen LogP contribution in [0.1, 0.15) is 26.0 Å². The molecule has 0 bridgehead atoms. The summed E-state index contributed by atoms with van der Waals surface area (Å²) < 4.78 is 0. The summed E-state index contributed by atoms with van der Waals surface area (Å²) in [5.41, 5.74) is 2.31. The molecule has 82 valence electrons. The summed E-state index contributed by atoms with van der Waals surface area (Å²) in [5.74, 6) is 0. The fourth-order valence-corrected chi connectivity index (χ4v) is 1.37. The first kappa shape index (κ1) is 12.2. The quantitative estimate of drug-likeness (QED) is 0.614. The molecule has 0 amide bonds. The second kappa shape index (κ2) is 6.59. The average Bonchev–Trinajstić information content (AvgIpc) is 2.26. The van der Waals surface area contributed by atoms with Crippen LogP contribution in [0.2, 0.25) is 5.02 Å². The Morgan fingerprint density at radius 1 is 1.60 bits per heavy atom. The maximum absolute atomic E-state index is 5.98. The highest BCUT2D eigenvalue weighted by Gasteiger charge is 1.99. The van der Waals surface area contributed by atoms with Crippen molar-refractivity contribution in [2.24, 2.45) is 0 Å². The van der Waals surface area contributed by atoms with Crippen molar-refractivity contribution in [3.63, 3.8) is 0 Å². The molecule has 0 atom stereocenters. The van der Waals surface area contributed by atoms with Crippen molar-refractivity contribution in [3.05, 3.63) is 40.7 Å². The first-order chi connectivity index (χ1) is 7.24. The average molecular weight is 225 g/mol. The van der Waals surface area contributed by atoms with Crippen LogP contribution in [0.15, 0.2) is 30.0 Å². The minimum Gasteiger partial charge on any atom is -0.311 e. The Kier molecular flexibility index (Phi) is 5.37. The number of nitrogens with one attached hydrogen (secondary N) is 1. The Balaban J connectivity index is 2.29. The van der Waals surface area contributed by atoms with Gasteiger partial charge in [0.25, 0.3) is 0 Å². The molecule has 0 aliphatic carbocycles. The van der Waals surface area contributed by atoms with Crippen molar-refractivity contribution in [2.45, 2.75) is 26.8 Å². The highest BCUT2D eigenvalue weighted by Crippen LogP contribution is 2.11. The van der Waals surface area contributed by atoms with Crippen LogP contribution < -0.4 is 5.32 Å². The SMILES string of the molecule is C/C=C(\C)CCNCc1ncccc1Cl. The minimum atomic E-state index is 0.729. The van der Waals surface area contributed by atoms with Crippen LogP contribution in [0.3, 0.4) is 0 Å². The van der Waals surface area contributed by atoms with Crippen LogP contribution in [0.5, 0.6) is 0 Å². The van der Waals surface area contributed by atoms with Gasteiger partial charge in [0.15, 0.2) is 0 Å². The molecule has 0 spiro atoms. The summed E-state index contributed by atoms with van der Waals surface area (Å²) in [5, 5.41) is 4.05. The van der Waals surface area contributed by atoms with E-state index in [1.165, 1.54) is 5.57 Å². The van der Waals surface area contributed by atoms with Gasteiger partial charge in [0.2, 0.25) is 0 Å². The van der Waals surface area contributed by atoms with E-state index in [1.807, 2.05) is 12.1 Å². The highest BCUT2D eigenvalue weighted by atomic mass is 35.5. The monoisotopic (exact) mass is 224 g/mol. The van der Waals surface area contributed by atoms with Gasteiger partial charge in [0.05, 0.1) is 10.7 Å². The van der Waals surface area contributed by atoms with E-state index >= 15 is 0 Å². The van der Waals surface area contributed by atoms with Gasteiger partial charge in [-0.3, -0.25) is 4.98 Å². The van der Waals surface area contributed by atoms with Crippen molar-refractivity contribution in [1.29, 1.82) is 0 Å². The van der Waals surface area contributed by atoms with Crippen molar-refractivity contribution in [2.75, 3.05) is 6.54 Å². The first-order valence-corrected chi connectivity index (χ1v) is 5.53. The predicted octanol–water partition coefficient (Wildman–Crippen LogP) is 3.18. The van der Waals surface area contributed by atoms with E-state index in [-0.39, 0.29) is 0 Å². The molecule has 0 aromatic carbocycles. The largest absolute Gasteiger partial charge is 0.311 e. The summed E-state index contributed by atoms with van der Waals surface area (Å²) >= 11 is 5.98. The molecule has 15 heavy (non-hydrogen) atoms. The first-order valence-electron chi connectivity index (χ1n) is 5.16.